The number of piperidine rings is 1. The third kappa shape index (κ3) is 3.24. The molecule has 0 bridgehead atoms. The van der Waals surface area contributed by atoms with Crippen LogP contribution in [0.5, 0.6) is 0 Å². The van der Waals surface area contributed by atoms with Crippen LogP contribution >= 0.6 is 0 Å². The van der Waals surface area contributed by atoms with Crippen LogP contribution < -0.4 is 10.2 Å². The van der Waals surface area contributed by atoms with Crippen molar-refractivity contribution in [2.24, 2.45) is 0 Å². The Labute approximate surface area is 148 Å². The molecule has 1 aromatic carbocycles. The number of aromatic nitrogens is 1. The van der Waals surface area contributed by atoms with Gasteiger partial charge in [0, 0.05) is 24.5 Å². The van der Waals surface area contributed by atoms with E-state index in [1.54, 1.807) is 6.20 Å². The number of carbonyl (C=O) groups excluding carboxylic acids is 1. The Balaban J connectivity index is 1.56. The minimum absolute atomic E-state index is 0.0356. The van der Waals surface area contributed by atoms with Gasteiger partial charge in [0.15, 0.2) is 0 Å². The van der Waals surface area contributed by atoms with Crippen LogP contribution in [0.15, 0.2) is 42.6 Å². The van der Waals surface area contributed by atoms with Crippen molar-refractivity contribution in [3.63, 3.8) is 0 Å². The van der Waals surface area contributed by atoms with Gasteiger partial charge < -0.3 is 15.1 Å². The minimum atomic E-state index is 0.0356. The van der Waals surface area contributed by atoms with Gasteiger partial charge in [-0.2, -0.15) is 0 Å². The summed E-state index contributed by atoms with van der Waals surface area (Å²) in [6, 6.07) is 12.3. The van der Waals surface area contributed by atoms with E-state index < -0.39 is 0 Å². The molecule has 3 heterocycles. The first-order valence-electron chi connectivity index (χ1n) is 9.02. The predicted octanol–water partition coefficient (Wildman–Crippen LogP) is 2.79. The van der Waals surface area contributed by atoms with Crippen molar-refractivity contribution in [2.45, 2.75) is 25.3 Å². The summed E-state index contributed by atoms with van der Waals surface area (Å²) in [7, 11) is 2.15. The van der Waals surface area contributed by atoms with Gasteiger partial charge in [-0.25, -0.2) is 4.98 Å². The normalized spacial score (nSPS) is 18.2. The van der Waals surface area contributed by atoms with E-state index in [1.165, 1.54) is 5.56 Å². The van der Waals surface area contributed by atoms with Gasteiger partial charge in [-0.1, -0.05) is 18.2 Å². The second kappa shape index (κ2) is 6.84. The number of rotatable bonds is 3. The average Bonchev–Trinajstić information content (AvgIpc) is 3.08. The van der Waals surface area contributed by atoms with Gasteiger partial charge in [0.25, 0.3) is 5.91 Å². The van der Waals surface area contributed by atoms with Gasteiger partial charge in [-0.15, -0.1) is 0 Å². The maximum Gasteiger partial charge on any atom is 0.262 e. The summed E-state index contributed by atoms with van der Waals surface area (Å²) in [5, 5.41) is 3.51. The fourth-order valence-electron chi connectivity index (χ4n) is 3.73. The molecule has 2 aromatic rings. The molecular weight excluding hydrogens is 312 g/mol. The molecule has 1 N–H and O–H groups in total. The van der Waals surface area contributed by atoms with E-state index in [2.05, 4.69) is 28.3 Å². The summed E-state index contributed by atoms with van der Waals surface area (Å²) in [5.74, 6) is 0.750. The van der Waals surface area contributed by atoms with Crippen molar-refractivity contribution in [3.8, 4) is 0 Å². The van der Waals surface area contributed by atoms with Crippen molar-refractivity contribution in [1.29, 1.82) is 0 Å². The van der Waals surface area contributed by atoms with Gasteiger partial charge in [0.05, 0.1) is 5.56 Å². The fourth-order valence-corrected chi connectivity index (χ4v) is 3.73. The van der Waals surface area contributed by atoms with E-state index in [-0.39, 0.29) is 5.91 Å². The van der Waals surface area contributed by atoms with E-state index >= 15 is 0 Å². The lowest BCUT2D eigenvalue weighted by Crippen LogP contribution is -2.37. The molecule has 1 amide bonds. The van der Waals surface area contributed by atoms with Gasteiger partial charge >= 0.3 is 0 Å². The number of amides is 1. The lowest BCUT2D eigenvalue weighted by Gasteiger charge is -2.30. The predicted molar refractivity (Wildman–Crippen MR) is 100 cm³/mol. The maximum absolute atomic E-state index is 13.2. The Morgan fingerprint density at radius 3 is 2.76 bits per heavy atom. The highest BCUT2D eigenvalue weighted by Gasteiger charge is 2.28. The number of anilines is 2. The molecule has 0 unspecified atom stereocenters. The number of fused-ring (bicyclic) bond motifs is 1. The molecule has 130 valence electrons. The van der Waals surface area contributed by atoms with Crippen LogP contribution in [0.25, 0.3) is 0 Å². The van der Waals surface area contributed by atoms with Crippen molar-refractivity contribution in [2.75, 3.05) is 36.9 Å². The molecule has 1 saturated heterocycles. The van der Waals surface area contributed by atoms with Crippen LogP contribution in [0.1, 0.15) is 28.8 Å². The lowest BCUT2D eigenvalue weighted by atomic mass is 10.1. The number of pyridine rings is 1. The summed E-state index contributed by atoms with van der Waals surface area (Å²) < 4.78 is 0. The molecule has 1 aromatic heterocycles. The number of hydrogen-bond donors (Lipinski definition) is 1. The van der Waals surface area contributed by atoms with Crippen LogP contribution in [0.3, 0.4) is 0 Å². The molecule has 5 heteroatoms. The average molecular weight is 336 g/mol. The molecule has 2 aliphatic heterocycles. The Morgan fingerprint density at radius 1 is 1.12 bits per heavy atom. The highest BCUT2D eigenvalue weighted by Crippen LogP contribution is 2.30. The molecule has 1 fully saturated rings. The zero-order valence-corrected chi connectivity index (χ0v) is 14.6. The zero-order valence-electron chi connectivity index (χ0n) is 14.6. The quantitative estimate of drug-likeness (QED) is 0.936. The van der Waals surface area contributed by atoms with Crippen LogP contribution in [0.2, 0.25) is 0 Å². The Morgan fingerprint density at radius 2 is 1.92 bits per heavy atom. The monoisotopic (exact) mass is 336 g/mol. The fraction of sp³-hybridized carbons (Fsp3) is 0.400. The highest BCUT2D eigenvalue weighted by atomic mass is 16.2. The van der Waals surface area contributed by atoms with Gasteiger partial charge in [-0.3, -0.25) is 4.79 Å². The second-order valence-corrected chi connectivity index (χ2v) is 6.96. The van der Waals surface area contributed by atoms with Crippen LogP contribution in [0, 0.1) is 0 Å². The molecule has 0 spiro atoms. The van der Waals surface area contributed by atoms with Crippen molar-refractivity contribution >= 4 is 17.4 Å². The molecule has 4 rings (SSSR count). The summed E-state index contributed by atoms with van der Waals surface area (Å²) in [6.45, 7) is 2.89. The maximum atomic E-state index is 13.2. The number of carbonyl (C=O) groups is 1. The summed E-state index contributed by atoms with van der Waals surface area (Å²) in [5.41, 5.74) is 2.93. The zero-order chi connectivity index (χ0) is 17.2. The topological polar surface area (TPSA) is 48.5 Å². The SMILES string of the molecule is CN1CCC(Nc2ncccc2C(=O)N2CCc3ccccc32)CC1. The van der Waals surface area contributed by atoms with E-state index in [0.717, 1.165) is 44.6 Å². The summed E-state index contributed by atoms with van der Waals surface area (Å²) in [4.78, 5) is 21.8. The van der Waals surface area contributed by atoms with Crippen molar-refractivity contribution < 1.29 is 4.79 Å². The van der Waals surface area contributed by atoms with Gasteiger partial charge in [0.1, 0.15) is 5.82 Å². The molecule has 2 aliphatic rings. The first-order chi connectivity index (χ1) is 12.2. The van der Waals surface area contributed by atoms with Crippen LogP contribution in [0.4, 0.5) is 11.5 Å². The Bertz CT molecular complexity index is 768. The van der Waals surface area contributed by atoms with E-state index in [4.69, 9.17) is 0 Å². The second-order valence-electron chi connectivity index (χ2n) is 6.96. The third-order valence-corrected chi connectivity index (χ3v) is 5.23. The van der Waals surface area contributed by atoms with Crippen LogP contribution in [-0.2, 0) is 6.42 Å². The lowest BCUT2D eigenvalue weighted by molar-refractivity contribution is 0.0990. The van der Waals surface area contributed by atoms with E-state index in [1.807, 2.05) is 35.2 Å². The smallest absolute Gasteiger partial charge is 0.262 e. The van der Waals surface area contributed by atoms with Crippen molar-refractivity contribution in [1.82, 2.24) is 9.88 Å². The first-order valence-corrected chi connectivity index (χ1v) is 9.02. The number of likely N-dealkylation sites (tertiary alicyclic amines) is 1. The molecular formula is C20H24N4O. The Kier molecular flexibility index (Phi) is 4.40. The van der Waals surface area contributed by atoms with E-state index in [9.17, 15) is 4.79 Å². The Hall–Kier alpha value is -2.40. The van der Waals surface area contributed by atoms with Crippen LogP contribution in [-0.4, -0.2) is 48.5 Å². The number of nitrogens with zero attached hydrogens (tertiary/aromatic N) is 3. The van der Waals surface area contributed by atoms with E-state index in [0.29, 0.717) is 17.4 Å². The van der Waals surface area contributed by atoms with Gasteiger partial charge in [0.2, 0.25) is 0 Å². The number of nitrogens with one attached hydrogen (secondary N) is 1. The number of benzene rings is 1. The molecule has 0 aliphatic carbocycles. The van der Waals surface area contributed by atoms with Gasteiger partial charge in [-0.05, 0) is 63.2 Å². The number of hydrogen-bond acceptors (Lipinski definition) is 4. The largest absolute Gasteiger partial charge is 0.367 e. The third-order valence-electron chi connectivity index (χ3n) is 5.23. The highest BCUT2D eigenvalue weighted by molar-refractivity contribution is 6.10. The first kappa shape index (κ1) is 16.1. The molecule has 0 radical (unpaired) electrons. The van der Waals surface area contributed by atoms with Crippen molar-refractivity contribution in [3.05, 3.63) is 53.7 Å². The molecule has 25 heavy (non-hydrogen) atoms. The number of para-hydroxylation sites is 1. The molecule has 0 saturated carbocycles. The standard InChI is InChI=1S/C20H24N4O/c1-23-12-9-16(10-13-23)22-19-17(6-4-11-21-19)20(25)24-14-8-15-5-2-3-7-18(15)24/h2-7,11,16H,8-10,12-14H2,1H3,(H,21,22). The minimum Gasteiger partial charge on any atom is -0.367 e. The summed E-state index contributed by atoms with van der Waals surface area (Å²) >= 11 is 0. The molecule has 0 atom stereocenters. The summed E-state index contributed by atoms with van der Waals surface area (Å²) in [6.07, 6.45) is 4.83. The molecule has 5 nitrogen and oxygen atoms in total.